The fourth-order valence-electron chi connectivity index (χ4n) is 11.1. The van der Waals surface area contributed by atoms with Gasteiger partial charge in [-0.1, -0.05) is 58.4 Å². The molecular formula is C42H64O10. The number of ether oxygens (including phenoxy) is 6. The van der Waals surface area contributed by atoms with Crippen molar-refractivity contribution in [2.75, 3.05) is 6.61 Å². The standard InChI is InChI=1S/C42H64O10/c1-23(2)24(3)11-12-25(4)33-15-16-34-32-14-13-30-21-31(17-19-41(30,9)35(32)18-20-42(33,34)10)51-40-39(50-29(8)46)38(49-28(7)45)37(48-27(6)44)36(52-40)22-47-26(5)43/h13,23,25,31-40H,3,11-12,14-22H2,1-2,4-10H3/t25-,31?,32+,33-,34+,35+,36-,37-,38+,39-,40?,41+,42-/m1/s1. The predicted octanol–water partition coefficient (Wildman–Crippen LogP) is 7.66. The second kappa shape index (κ2) is 16.3. The molecule has 4 aliphatic carbocycles. The zero-order valence-corrected chi connectivity index (χ0v) is 33.1. The van der Waals surface area contributed by atoms with Gasteiger partial charge in [0.15, 0.2) is 24.6 Å². The summed E-state index contributed by atoms with van der Waals surface area (Å²) in [5, 5.41) is 0. The van der Waals surface area contributed by atoms with Gasteiger partial charge in [0.25, 0.3) is 0 Å². The second-order valence-electron chi connectivity index (χ2n) is 17.4. The van der Waals surface area contributed by atoms with Crippen LogP contribution >= 0.6 is 0 Å². The summed E-state index contributed by atoms with van der Waals surface area (Å²) >= 11 is 0. The molecule has 10 heteroatoms. The van der Waals surface area contributed by atoms with Crippen LogP contribution in [0.2, 0.25) is 0 Å². The summed E-state index contributed by atoms with van der Waals surface area (Å²) < 4.78 is 35.0. The number of esters is 4. The van der Waals surface area contributed by atoms with Crippen molar-refractivity contribution in [2.45, 2.75) is 163 Å². The molecule has 0 amide bonds. The van der Waals surface area contributed by atoms with E-state index in [1.807, 2.05) is 0 Å². The molecule has 1 saturated heterocycles. The van der Waals surface area contributed by atoms with Gasteiger partial charge in [0, 0.05) is 27.7 Å². The average molecular weight is 729 g/mol. The summed E-state index contributed by atoms with van der Waals surface area (Å²) in [6.07, 6.45) is 7.53. The van der Waals surface area contributed by atoms with Crippen molar-refractivity contribution in [3.8, 4) is 0 Å². The second-order valence-corrected chi connectivity index (χ2v) is 17.4. The summed E-state index contributed by atoms with van der Waals surface area (Å²) in [4.78, 5) is 48.5. The zero-order valence-electron chi connectivity index (χ0n) is 33.1. The lowest BCUT2D eigenvalue weighted by molar-refractivity contribution is -0.318. The third kappa shape index (κ3) is 8.48. The van der Waals surface area contributed by atoms with Crippen LogP contribution in [-0.4, -0.2) is 67.3 Å². The van der Waals surface area contributed by atoms with E-state index in [0.717, 1.165) is 37.5 Å². The first-order valence-electron chi connectivity index (χ1n) is 19.8. The smallest absolute Gasteiger partial charge is 0.303 e. The first kappa shape index (κ1) is 40.5. The van der Waals surface area contributed by atoms with E-state index >= 15 is 0 Å². The van der Waals surface area contributed by atoms with Crippen LogP contribution in [0.15, 0.2) is 23.8 Å². The third-order valence-electron chi connectivity index (χ3n) is 13.8. The fourth-order valence-corrected chi connectivity index (χ4v) is 11.1. The first-order chi connectivity index (χ1) is 24.4. The highest BCUT2D eigenvalue weighted by Gasteiger charge is 2.60. The normalized spacial score (nSPS) is 38.8. The molecule has 10 nitrogen and oxygen atoms in total. The molecule has 0 N–H and O–H groups in total. The van der Waals surface area contributed by atoms with Gasteiger partial charge >= 0.3 is 23.9 Å². The van der Waals surface area contributed by atoms with Gasteiger partial charge in [0.05, 0.1) is 6.10 Å². The van der Waals surface area contributed by atoms with Gasteiger partial charge in [-0.05, 0) is 111 Å². The molecule has 4 fully saturated rings. The van der Waals surface area contributed by atoms with E-state index in [-0.39, 0.29) is 18.1 Å². The van der Waals surface area contributed by atoms with E-state index in [1.165, 1.54) is 70.9 Å². The topological polar surface area (TPSA) is 124 Å². The van der Waals surface area contributed by atoms with Crippen LogP contribution in [0.25, 0.3) is 0 Å². The first-order valence-corrected chi connectivity index (χ1v) is 19.8. The summed E-state index contributed by atoms with van der Waals surface area (Å²) in [5.41, 5.74) is 3.28. The number of hydrogen-bond acceptors (Lipinski definition) is 10. The Labute approximate surface area is 311 Å². The maximum absolute atomic E-state index is 12.3. The number of allylic oxidation sites excluding steroid dienone is 2. The van der Waals surface area contributed by atoms with Gasteiger partial charge < -0.3 is 28.4 Å². The minimum absolute atomic E-state index is 0.0874. The van der Waals surface area contributed by atoms with Crippen LogP contribution in [-0.2, 0) is 47.6 Å². The lowest BCUT2D eigenvalue weighted by Gasteiger charge is -2.58. The van der Waals surface area contributed by atoms with E-state index in [1.54, 1.807) is 0 Å². The number of carbonyl (C=O) groups is 4. The maximum Gasteiger partial charge on any atom is 0.303 e. The van der Waals surface area contributed by atoms with Crippen molar-refractivity contribution in [1.82, 2.24) is 0 Å². The Balaban J connectivity index is 1.32. The molecule has 2 unspecified atom stereocenters. The van der Waals surface area contributed by atoms with Crippen LogP contribution in [0.1, 0.15) is 127 Å². The fraction of sp³-hybridized carbons (Fsp3) is 0.810. The van der Waals surface area contributed by atoms with E-state index in [0.29, 0.717) is 35.5 Å². The molecule has 5 aliphatic rings. The molecule has 1 heterocycles. The maximum atomic E-state index is 12.3. The highest BCUT2D eigenvalue weighted by atomic mass is 16.7. The molecule has 0 aromatic carbocycles. The SMILES string of the molecule is C=C(CC[C@@H](C)[C@H]1CC[C@H]2[C@@H]3CC=C4CC(OC5O[C@H](COC(C)=O)[C@@H](OC(C)=O)[C@H](OC(C)=O)[C@H]5OC(C)=O)CC[C@]4(C)[C@H]3CC[C@]12C)C(C)C. The molecule has 0 aromatic rings. The van der Waals surface area contributed by atoms with Gasteiger partial charge in [-0.25, -0.2) is 0 Å². The van der Waals surface area contributed by atoms with Gasteiger partial charge in [0.2, 0.25) is 0 Å². The monoisotopic (exact) mass is 728 g/mol. The summed E-state index contributed by atoms with van der Waals surface area (Å²) in [6.45, 7) is 21.1. The van der Waals surface area contributed by atoms with E-state index in [9.17, 15) is 19.2 Å². The van der Waals surface area contributed by atoms with Crippen molar-refractivity contribution in [1.29, 1.82) is 0 Å². The third-order valence-corrected chi connectivity index (χ3v) is 13.8. The molecule has 5 rings (SSSR count). The quantitative estimate of drug-likeness (QED) is 0.112. The number of fused-ring (bicyclic) bond motifs is 5. The molecule has 0 radical (unpaired) electrons. The van der Waals surface area contributed by atoms with Gasteiger partial charge in [-0.3, -0.25) is 19.2 Å². The van der Waals surface area contributed by atoms with E-state index in [2.05, 4.69) is 47.3 Å². The minimum atomic E-state index is -1.24. The van der Waals surface area contributed by atoms with Crippen LogP contribution in [0.3, 0.4) is 0 Å². The minimum Gasteiger partial charge on any atom is -0.463 e. The Kier molecular flexibility index (Phi) is 12.7. The van der Waals surface area contributed by atoms with Crippen LogP contribution in [0.5, 0.6) is 0 Å². The Morgan fingerprint density at radius 1 is 0.846 bits per heavy atom. The lowest BCUT2D eigenvalue weighted by Crippen LogP contribution is -2.63. The zero-order chi connectivity index (χ0) is 38.1. The molecule has 0 aromatic heterocycles. The van der Waals surface area contributed by atoms with E-state index < -0.39 is 54.6 Å². The van der Waals surface area contributed by atoms with Crippen molar-refractivity contribution in [3.63, 3.8) is 0 Å². The van der Waals surface area contributed by atoms with Crippen molar-refractivity contribution < 1.29 is 47.6 Å². The number of rotatable bonds is 12. The van der Waals surface area contributed by atoms with Gasteiger partial charge in [0.1, 0.15) is 12.7 Å². The van der Waals surface area contributed by atoms with Crippen molar-refractivity contribution >= 4 is 23.9 Å². The Morgan fingerprint density at radius 2 is 1.50 bits per heavy atom. The molecule has 1 aliphatic heterocycles. The van der Waals surface area contributed by atoms with Crippen LogP contribution < -0.4 is 0 Å². The largest absolute Gasteiger partial charge is 0.463 e. The van der Waals surface area contributed by atoms with E-state index in [4.69, 9.17) is 28.4 Å². The Hall–Kier alpha value is -2.72. The number of hydrogen-bond donors (Lipinski definition) is 0. The highest BCUT2D eigenvalue weighted by molar-refractivity contribution is 5.68. The molecular weight excluding hydrogens is 664 g/mol. The molecule has 292 valence electrons. The predicted molar refractivity (Wildman–Crippen MR) is 194 cm³/mol. The summed E-state index contributed by atoms with van der Waals surface area (Å²) in [7, 11) is 0. The van der Waals surface area contributed by atoms with Crippen molar-refractivity contribution in [3.05, 3.63) is 23.8 Å². The average Bonchev–Trinajstić information content (AvgIpc) is 3.42. The molecule has 13 atom stereocenters. The van der Waals surface area contributed by atoms with Crippen LogP contribution in [0, 0.1) is 46.3 Å². The molecule has 0 spiro atoms. The Bertz CT molecular complexity index is 1390. The molecule has 0 bridgehead atoms. The Morgan fingerprint density at radius 3 is 2.13 bits per heavy atom. The summed E-state index contributed by atoms with van der Waals surface area (Å²) in [6, 6.07) is 0. The molecule has 52 heavy (non-hydrogen) atoms. The molecule has 3 saturated carbocycles. The van der Waals surface area contributed by atoms with Crippen LogP contribution in [0.4, 0.5) is 0 Å². The number of carbonyl (C=O) groups excluding carboxylic acids is 4. The summed E-state index contributed by atoms with van der Waals surface area (Å²) in [5.74, 6) is 1.57. The van der Waals surface area contributed by atoms with Crippen molar-refractivity contribution in [2.24, 2.45) is 46.3 Å². The highest BCUT2D eigenvalue weighted by Crippen LogP contribution is 2.67. The van der Waals surface area contributed by atoms with Gasteiger partial charge in [-0.15, -0.1) is 0 Å². The lowest BCUT2D eigenvalue weighted by atomic mass is 9.47. The van der Waals surface area contributed by atoms with Gasteiger partial charge in [-0.2, -0.15) is 0 Å².